The first kappa shape index (κ1) is 14.2. The number of hydrogen-bond donors (Lipinski definition) is 1. The minimum Gasteiger partial charge on any atom is -0.389 e. The lowest BCUT2D eigenvalue weighted by molar-refractivity contribution is 0.0882. The van der Waals surface area contributed by atoms with Crippen LogP contribution < -0.4 is 4.90 Å². The number of benzene rings is 1. The molecule has 0 aliphatic carbocycles. The summed E-state index contributed by atoms with van der Waals surface area (Å²) in [6.45, 7) is 5.27. The number of rotatable bonds is 4. The molecule has 18 heavy (non-hydrogen) atoms. The molecular formula is C14H18N2O2. The summed E-state index contributed by atoms with van der Waals surface area (Å²) in [5.74, 6) is -0.0583. The van der Waals surface area contributed by atoms with Crippen LogP contribution in [0, 0.1) is 11.3 Å². The van der Waals surface area contributed by atoms with E-state index in [-0.39, 0.29) is 5.78 Å². The molecule has 1 N–H and O–H groups in total. The number of likely N-dealkylation sites (N-methyl/N-ethyl adjacent to an activating group) is 1. The van der Waals surface area contributed by atoms with Gasteiger partial charge in [-0.25, -0.2) is 0 Å². The normalized spacial score (nSPS) is 10.9. The van der Waals surface area contributed by atoms with E-state index < -0.39 is 5.60 Å². The molecule has 0 saturated carbocycles. The molecule has 96 valence electrons. The fourth-order valence-corrected chi connectivity index (χ4v) is 1.88. The number of hydrogen-bond acceptors (Lipinski definition) is 4. The molecular weight excluding hydrogens is 228 g/mol. The van der Waals surface area contributed by atoms with Gasteiger partial charge in [0, 0.05) is 24.8 Å². The number of carbonyl (C=O) groups is 1. The first-order valence-corrected chi connectivity index (χ1v) is 5.73. The van der Waals surface area contributed by atoms with Gasteiger partial charge in [-0.15, -0.1) is 0 Å². The van der Waals surface area contributed by atoms with Crippen molar-refractivity contribution >= 4 is 11.5 Å². The highest BCUT2D eigenvalue weighted by Crippen LogP contribution is 2.23. The van der Waals surface area contributed by atoms with Crippen molar-refractivity contribution in [2.45, 2.75) is 26.4 Å². The summed E-state index contributed by atoms with van der Waals surface area (Å²) in [5, 5.41) is 18.7. The number of nitriles is 1. The summed E-state index contributed by atoms with van der Waals surface area (Å²) < 4.78 is 0. The lowest BCUT2D eigenvalue weighted by Gasteiger charge is -2.28. The standard InChI is InChI=1S/C14H18N2O2/c1-10(17)12-6-5-11(8-15)7-13(12)16(4)9-14(2,3)18/h5-7,18H,9H2,1-4H3. The Labute approximate surface area is 107 Å². The van der Waals surface area contributed by atoms with E-state index in [9.17, 15) is 9.90 Å². The Morgan fingerprint density at radius 3 is 2.56 bits per heavy atom. The van der Waals surface area contributed by atoms with Gasteiger partial charge in [-0.1, -0.05) is 0 Å². The molecule has 1 aromatic carbocycles. The average Bonchev–Trinajstić information content (AvgIpc) is 2.25. The van der Waals surface area contributed by atoms with E-state index in [4.69, 9.17) is 5.26 Å². The molecule has 0 unspecified atom stereocenters. The monoisotopic (exact) mass is 246 g/mol. The van der Waals surface area contributed by atoms with Crippen LogP contribution in [-0.4, -0.2) is 30.1 Å². The lowest BCUT2D eigenvalue weighted by atomic mass is 10.0. The van der Waals surface area contributed by atoms with Crippen molar-refractivity contribution in [3.63, 3.8) is 0 Å². The number of aliphatic hydroxyl groups is 1. The highest BCUT2D eigenvalue weighted by atomic mass is 16.3. The zero-order valence-electron chi connectivity index (χ0n) is 11.2. The third-order valence-electron chi connectivity index (χ3n) is 2.54. The van der Waals surface area contributed by atoms with Crippen LogP contribution in [0.5, 0.6) is 0 Å². The van der Waals surface area contributed by atoms with Crippen LogP contribution in [0.1, 0.15) is 36.7 Å². The van der Waals surface area contributed by atoms with Gasteiger partial charge in [-0.05, 0) is 39.0 Å². The van der Waals surface area contributed by atoms with Crippen LogP contribution in [0.25, 0.3) is 0 Å². The Kier molecular flexibility index (Phi) is 4.10. The Morgan fingerprint density at radius 1 is 1.50 bits per heavy atom. The third kappa shape index (κ3) is 3.57. The summed E-state index contributed by atoms with van der Waals surface area (Å²) in [4.78, 5) is 13.4. The molecule has 0 aliphatic rings. The maximum absolute atomic E-state index is 11.6. The van der Waals surface area contributed by atoms with Crippen molar-refractivity contribution in [2.24, 2.45) is 0 Å². The lowest BCUT2D eigenvalue weighted by Crippen LogP contribution is -2.36. The molecule has 4 nitrogen and oxygen atoms in total. The molecule has 1 aromatic rings. The minimum atomic E-state index is -0.870. The zero-order valence-corrected chi connectivity index (χ0v) is 11.2. The quantitative estimate of drug-likeness (QED) is 0.825. The van der Waals surface area contributed by atoms with Gasteiger partial charge < -0.3 is 10.0 Å². The first-order valence-electron chi connectivity index (χ1n) is 5.73. The van der Waals surface area contributed by atoms with E-state index in [0.29, 0.717) is 23.4 Å². The van der Waals surface area contributed by atoms with Crippen molar-refractivity contribution < 1.29 is 9.90 Å². The van der Waals surface area contributed by atoms with Crippen LogP contribution in [-0.2, 0) is 0 Å². The van der Waals surface area contributed by atoms with E-state index in [0.717, 1.165) is 0 Å². The number of carbonyl (C=O) groups excluding carboxylic acids is 1. The highest BCUT2D eigenvalue weighted by molar-refractivity contribution is 6.00. The van der Waals surface area contributed by atoms with Crippen LogP contribution >= 0.6 is 0 Å². The number of nitrogens with zero attached hydrogens (tertiary/aromatic N) is 2. The fraction of sp³-hybridized carbons (Fsp3) is 0.429. The smallest absolute Gasteiger partial charge is 0.161 e. The van der Waals surface area contributed by atoms with Crippen LogP contribution in [0.3, 0.4) is 0 Å². The second-order valence-corrected chi connectivity index (χ2v) is 5.07. The topological polar surface area (TPSA) is 64.3 Å². The van der Waals surface area contributed by atoms with Gasteiger partial charge in [0.1, 0.15) is 0 Å². The molecule has 0 atom stereocenters. The molecule has 0 amide bonds. The Balaban J connectivity index is 3.20. The van der Waals surface area contributed by atoms with E-state index in [1.165, 1.54) is 6.92 Å². The largest absolute Gasteiger partial charge is 0.389 e. The summed E-state index contributed by atoms with van der Waals surface area (Å²) in [5.41, 5.74) is 0.855. The second kappa shape index (κ2) is 5.19. The molecule has 0 heterocycles. The van der Waals surface area contributed by atoms with Gasteiger partial charge in [0.2, 0.25) is 0 Å². The van der Waals surface area contributed by atoms with E-state index in [1.54, 1.807) is 44.0 Å². The number of Topliss-reactive ketones (excluding diaryl/α,β-unsaturated/α-hetero) is 1. The van der Waals surface area contributed by atoms with E-state index in [2.05, 4.69) is 6.07 Å². The molecule has 0 saturated heterocycles. The molecule has 1 rings (SSSR count). The van der Waals surface area contributed by atoms with Gasteiger partial charge in [-0.3, -0.25) is 4.79 Å². The molecule has 0 fully saturated rings. The minimum absolute atomic E-state index is 0.0583. The predicted molar refractivity (Wildman–Crippen MR) is 70.7 cm³/mol. The van der Waals surface area contributed by atoms with E-state index in [1.807, 2.05) is 0 Å². The summed E-state index contributed by atoms with van der Waals surface area (Å²) in [7, 11) is 1.79. The predicted octanol–water partition coefficient (Wildman–Crippen LogP) is 1.97. The van der Waals surface area contributed by atoms with Crippen molar-refractivity contribution in [3.8, 4) is 6.07 Å². The van der Waals surface area contributed by atoms with Crippen LogP contribution in [0.4, 0.5) is 5.69 Å². The highest BCUT2D eigenvalue weighted by Gasteiger charge is 2.19. The van der Waals surface area contributed by atoms with Crippen molar-refractivity contribution in [1.82, 2.24) is 0 Å². The first-order chi connectivity index (χ1) is 8.24. The van der Waals surface area contributed by atoms with Crippen molar-refractivity contribution in [1.29, 1.82) is 5.26 Å². The summed E-state index contributed by atoms with van der Waals surface area (Å²) >= 11 is 0. The van der Waals surface area contributed by atoms with Gasteiger partial charge in [-0.2, -0.15) is 5.26 Å². The molecule has 0 radical (unpaired) electrons. The maximum atomic E-state index is 11.6. The SMILES string of the molecule is CC(=O)c1ccc(C#N)cc1N(C)CC(C)(C)O. The Hall–Kier alpha value is -1.86. The van der Waals surface area contributed by atoms with Gasteiger partial charge in [0.05, 0.1) is 17.2 Å². The summed E-state index contributed by atoms with van der Waals surface area (Å²) in [6, 6.07) is 6.99. The summed E-state index contributed by atoms with van der Waals surface area (Å²) in [6.07, 6.45) is 0. The molecule has 0 aliphatic heterocycles. The van der Waals surface area contributed by atoms with Crippen LogP contribution in [0.15, 0.2) is 18.2 Å². The van der Waals surface area contributed by atoms with Crippen molar-refractivity contribution in [2.75, 3.05) is 18.5 Å². The zero-order chi connectivity index (χ0) is 13.9. The molecule has 4 heteroatoms. The molecule has 0 spiro atoms. The third-order valence-corrected chi connectivity index (χ3v) is 2.54. The Bertz CT molecular complexity index is 495. The molecule has 0 aromatic heterocycles. The Morgan fingerprint density at radius 2 is 2.11 bits per heavy atom. The number of ketones is 1. The molecule has 0 bridgehead atoms. The average molecular weight is 246 g/mol. The maximum Gasteiger partial charge on any atom is 0.161 e. The van der Waals surface area contributed by atoms with Gasteiger partial charge in [0.25, 0.3) is 0 Å². The van der Waals surface area contributed by atoms with E-state index >= 15 is 0 Å². The van der Waals surface area contributed by atoms with Crippen LogP contribution in [0.2, 0.25) is 0 Å². The van der Waals surface area contributed by atoms with Gasteiger partial charge >= 0.3 is 0 Å². The van der Waals surface area contributed by atoms with Crippen molar-refractivity contribution in [3.05, 3.63) is 29.3 Å². The number of anilines is 1. The second-order valence-electron chi connectivity index (χ2n) is 5.07. The fourth-order valence-electron chi connectivity index (χ4n) is 1.88. The van der Waals surface area contributed by atoms with Gasteiger partial charge in [0.15, 0.2) is 5.78 Å².